The number of benzene rings is 1. The maximum absolute atomic E-state index is 12.8. The zero-order valence-corrected chi connectivity index (χ0v) is 10.9. The molecule has 1 aromatic carbocycles. The fraction of sp³-hybridized carbons (Fsp3) is 0.500. The molecule has 4 heteroatoms. The molecule has 0 saturated heterocycles. The molecule has 0 radical (unpaired) electrons. The summed E-state index contributed by atoms with van der Waals surface area (Å²) in [5.41, 5.74) is 1.01. The second kappa shape index (κ2) is 7.82. The summed E-state index contributed by atoms with van der Waals surface area (Å²) in [6.45, 7) is 4.96. The molecule has 0 fully saturated rings. The number of carbonyl (C=O) groups is 1. The van der Waals surface area contributed by atoms with Gasteiger partial charge in [-0.25, -0.2) is 4.39 Å². The third-order valence-electron chi connectivity index (χ3n) is 2.61. The summed E-state index contributed by atoms with van der Waals surface area (Å²) in [5.74, 6) is -0.449. The molecule has 1 atom stereocenters. The molecular weight excluding hydrogens is 233 g/mol. The molecule has 1 aromatic rings. The van der Waals surface area contributed by atoms with Crippen LogP contribution in [0.2, 0.25) is 0 Å². The van der Waals surface area contributed by atoms with E-state index in [1.807, 2.05) is 6.92 Å². The van der Waals surface area contributed by atoms with Gasteiger partial charge >= 0.3 is 5.97 Å². The first-order valence-electron chi connectivity index (χ1n) is 6.29. The molecule has 0 aliphatic heterocycles. The van der Waals surface area contributed by atoms with Crippen molar-refractivity contribution in [3.05, 3.63) is 35.6 Å². The van der Waals surface area contributed by atoms with Gasteiger partial charge in [0, 0.05) is 6.04 Å². The average Bonchev–Trinajstić information content (AvgIpc) is 2.32. The molecular formula is C14H20FNO2. The van der Waals surface area contributed by atoms with Gasteiger partial charge in [0.1, 0.15) is 5.82 Å². The van der Waals surface area contributed by atoms with Gasteiger partial charge in [0.2, 0.25) is 0 Å². The Balaban J connectivity index is 2.56. The quantitative estimate of drug-likeness (QED) is 0.758. The van der Waals surface area contributed by atoms with Crippen molar-refractivity contribution < 1.29 is 13.9 Å². The lowest BCUT2D eigenvalue weighted by Gasteiger charge is -2.17. The highest BCUT2D eigenvalue weighted by molar-refractivity contribution is 5.70. The lowest BCUT2D eigenvalue weighted by Crippen LogP contribution is -2.33. The van der Waals surface area contributed by atoms with E-state index in [9.17, 15) is 9.18 Å². The van der Waals surface area contributed by atoms with E-state index in [2.05, 4.69) is 5.32 Å². The van der Waals surface area contributed by atoms with Crippen molar-refractivity contribution in [2.24, 2.45) is 0 Å². The van der Waals surface area contributed by atoms with Crippen LogP contribution < -0.4 is 5.32 Å². The number of hydrogen-bond acceptors (Lipinski definition) is 3. The predicted octanol–water partition coefficient (Wildman–Crippen LogP) is 2.30. The topological polar surface area (TPSA) is 38.3 Å². The van der Waals surface area contributed by atoms with Gasteiger partial charge in [0.25, 0.3) is 0 Å². The van der Waals surface area contributed by atoms with Crippen LogP contribution >= 0.6 is 0 Å². The van der Waals surface area contributed by atoms with Gasteiger partial charge < -0.3 is 10.1 Å². The minimum absolute atomic E-state index is 0.0273. The van der Waals surface area contributed by atoms with Crippen LogP contribution in [0.1, 0.15) is 25.8 Å². The van der Waals surface area contributed by atoms with Crippen molar-refractivity contribution in [2.75, 3.05) is 13.2 Å². The van der Waals surface area contributed by atoms with Crippen molar-refractivity contribution in [3.8, 4) is 0 Å². The van der Waals surface area contributed by atoms with Crippen molar-refractivity contribution in [1.82, 2.24) is 5.32 Å². The van der Waals surface area contributed by atoms with Crippen LogP contribution in [0.15, 0.2) is 24.3 Å². The molecule has 1 unspecified atom stereocenters. The third kappa shape index (κ3) is 5.27. The Bertz CT molecular complexity index is 365. The van der Waals surface area contributed by atoms with Crippen LogP contribution in [-0.2, 0) is 16.0 Å². The zero-order valence-electron chi connectivity index (χ0n) is 10.9. The van der Waals surface area contributed by atoms with E-state index in [-0.39, 0.29) is 17.8 Å². The molecule has 0 spiro atoms. The summed E-state index contributed by atoms with van der Waals surface area (Å²) in [6, 6.07) is 6.38. The second-order valence-electron chi connectivity index (χ2n) is 4.09. The summed E-state index contributed by atoms with van der Waals surface area (Å²) < 4.78 is 17.7. The van der Waals surface area contributed by atoms with E-state index < -0.39 is 0 Å². The molecule has 0 aliphatic carbocycles. The van der Waals surface area contributed by atoms with Gasteiger partial charge in [-0.1, -0.05) is 19.1 Å². The molecule has 1 rings (SSSR count). The van der Waals surface area contributed by atoms with Crippen LogP contribution in [0.3, 0.4) is 0 Å². The first-order valence-corrected chi connectivity index (χ1v) is 6.29. The number of hydrogen-bond donors (Lipinski definition) is 1. The number of rotatable bonds is 7. The number of nitrogens with one attached hydrogen (secondary N) is 1. The molecule has 0 aromatic heterocycles. The summed E-state index contributed by atoms with van der Waals surface area (Å²) in [6.07, 6.45) is 1.02. The highest BCUT2D eigenvalue weighted by Gasteiger charge is 2.14. The Kier molecular flexibility index (Phi) is 6.36. The van der Waals surface area contributed by atoms with Crippen LogP contribution in [-0.4, -0.2) is 25.2 Å². The highest BCUT2D eigenvalue weighted by atomic mass is 19.1. The lowest BCUT2D eigenvalue weighted by atomic mass is 10.0. The SMILES string of the molecule is CCNC(CC(=O)OCC)Cc1ccc(F)cc1. The van der Waals surface area contributed by atoms with Gasteiger partial charge in [-0.2, -0.15) is 0 Å². The summed E-state index contributed by atoms with van der Waals surface area (Å²) in [5, 5.41) is 3.24. The van der Waals surface area contributed by atoms with Gasteiger partial charge in [0.15, 0.2) is 0 Å². The first-order chi connectivity index (χ1) is 8.65. The van der Waals surface area contributed by atoms with Crippen LogP contribution in [0.5, 0.6) is 0 Å². The van der Waals surface area contributed by atoms with Crippen molar-refractivity contribution in [3.63, 3.8) is 0 Å². The Morgan fingerprint density at radius 3 is 2.56 bits per heavy atom. The van der Waals surface area contributed by atoms with E-state index in [0.29, 0.717) is 19.4 Å². The summed E-state index contributed by atoms with van der Waals surface area (Å²) >= 11 is 0. The summed E-state index contributed by atoms with van der Waals surface area (Å²) in [4.78, 5) is 11.5. The molecule has 0 bridgehead atoms. The van der Waals surface area contributed by atoms with Gasteiger partial charge in [0.05, 0.1) is 13.0 Å². The van der Waals surface area contributed by atoms with E-state index in [1.165, 1.54) is 12.1 Å². The highest BCUT2D eigenvalue weighted by Crippen LogP contribution is 2.08. The third-order valence-corrected chi connectivity index (χ3v) is 2.61. The molecule has 3 nitrogen and oxygen atoms in total. The maximum atomic E-state index is 12.8. The number of likely N-dealkylation sites (N-methyl/N-ethyl adjacent to an activating group) is 1. The normalized spacial score (nSPS) is 12.2. The van der Waals surface area contributed by atoms with E-state index in [4.69, 9.17) is 4.74 Å². The lowest BCUT2D eigenvalue weighted by molar-refractivity contribution is -0.143. The summed E-state index contributed by atoms with van der Waals surface area (Å²) in [7, 11) is 0. The maximum Gasteiger partial charge on any atom is 0.307 e. The van der Waals surface area contributed by atoms with Crippen molar-refractivity contribution in [2.45, 2.75) is 32.7 Å². The smallest absolute Gasteiger partial charge is 0.307 e. The standard InChI is InChI=1S/C14H20FNO2/c1-3-16-13(10-14(17)18-4-2)9-11-5-7-12(15)8-6-11/h5-8,13,16H,3-4,9-10H2,1-2H3. The fourth-order valence-electron chi connectivity index (χ4n) is 1.83. The molecule has 0 amide bonds. The Morgan fingerprint density at radius 1 is 1.33 bits per heavy atom. The minimum Gasteiger partial charge on any atom is -0.466 e. The first kappa shape index (κ1) is 14.6. The number of halogens is 1. The Hall–Kier alpha value is -1.42. The Labute approximate surface area is 107 Å². The van der Waals surface area contributed by atoms with Crippen LogP contribution in [0.4, 0.5) is 4.39 Å². The van der Waals surface area contributed by atoms with Crippen molar-refractivity contribution in [1.29, 1.82) is 0 Å². The molecule has 1 N–H and O–H groups in total. The van der Waals surface area contributed by atoms with E-state index in [1.54, 1.807) is 19.1 Å². The molecule has 0 heterocycles. The van der Waals surface area contributed by atoms with Crippen molar-refractivity contribution >= 4 is 5.97 Å². The molecule has 18 heavy (non-hydrogen) atoms. The van der Waals surface area contributed by atoms with Gasteiger partial charge in [-0.15, -0.1) is 0 Å². The van der Waals surface area contributed by atoms with Gasteiger partial charge in [-0.3, -0.25) is 4.79 Å². The fourth-order valence-corrected chi connectivity index (χ4v) is 1.83. The monoisotopic (exact) mass is 253 g/mol. The average molecular weight is 253 g/mol. The number of esters is 1. The number of ether oxygens (including phenoxy) is 1. The largest absolute Gasteiger partial charge is 0.466 e. The van der Waals surface area contributed by atoms with Crippen LogP contribution in [0, 0.1) is 5.82 Å². The molecule has 0 saturated carbocycles. The predicted molar refractivity (Wildman–Crippen MR) is 68.8 cm³/mol. The second-order valence-corrected chi connectivity index (χ2v) is 4.09. The van der Waals surface area contributed by atoms with Crippen LogP contribution in [0.25, 0.3) is 0 Å². The zero-order chi connectivity index (χ0) is 13.4. The van der Waals surface area contributed by atoms with Gasteiger partial charge in [-0.05, 0) is 37.6 Å². The molecule has 0 aliphatic rings. The van der Waals surface area contributed by atoms with E-state index in [0.717, 1.165) is 12.1 Å². The van der Waals surface area contributed by atoms with E-state index >= 15 is 0 Å². The Morgan fingerprint density at radius 2 is 2.00 bits per heavy atom. The number of carbonyl (C=O) groups excluding carboxylic acids is 1. The minimum atomic E-state index is -0.246. The molecule has 100 valence electrons.